The second kappa shape index (κ2) is 7.00. The van der Waals surface area contributed by atoms with E-state index in [0.29, 0.717) is 12.2 Å². The third-order valence-corrected chi connectivity index (χ3v) is 3.08. The van der Waals surface area contributed by atoms with Gasteiger partial charge in [0.25, 0.3) is 0 Å². The second-order valence-corrected chi connectivity index (χ2v) is 4.74. The molecule has 0 heterocycles. The number of carbonyl (C=O) groups is 1. The minimum absolute atomic E-state index is 0.415. The molecule has 1 rings (SSSR count). The quantitative estimate of drug-likeness (QED) is 0.584. The van der Waals surface area contributed by atoms with Crippen molar-refractivity contribution >= 4 is 5.78 Å². The van der Waals surface area contributed by atoms with E-state index in [2.05, 4.69) is 11.8 Å². The highest BCUT2D eigenvalue weighted by molar-refractivity contribution is 5.77. The van der Waals surface area contributed by atoms with Crippen LogP contribution in [-0.4, -0.2) is 30.3 Å². The molecule has 0 spiro atoms. The summed E-state index contributed by atoms with van der Waals surface area (Å²) >= 11 is 0. The van der Waals surface area contributed by atoms with Gasteiger partial charge in [0.1, 0.15) is 5.78 Å². The van der Waals surface area contributed by atoms with Crippen LogP contribution in [0.4, 0.5) is 0 Å². The van der Waals surface area contributed by atoms with Crippen molar-refractivity contribution in [3.05, 3.63) is 0 Å². The average Bonchev–Trinajstić information content (AvgIpc) is 3.01. The Kier molecular flexibility index (Phi) is 5.92. The molecular formula is C13H25NO. The fourth-order valence-electron chi connectivity index (χ4n) is 1.95. The van der Waals surface area contributed by atoms with E-state index < -0.39 is 0 Å². The molecular weight excluding hydrogens is 186 g/mol. The molecule has 2 nitrogen and oxygen atoms in total. The third kappa shape index (κ3) is 5.93. The summed E-state index contributed by atoms with van der Waals surface area (Å²) in [6.07, 6.45) is 6.62. The lowest BCUT2D eigenvalue weighted by atomic mass is 10.1. The number of ketones is 1. The van der Waals surface area contributed by atoms with Gasteiger partial charge in [0.2, 0.25) is 0 Å². The van der Waals surface area contributed by atoms with Crippen LogP contribution < -0.4 is 0 Å². The summed E-state index contributed by atoms with van der Waals surface area (Å²) in [4.78, 5) is 13.7. The number of rotatable bonds is 9. The molecule has 0 unspecified atom stereocenters. The van der Waals surface area contributed by atoms with Crippen molar-refractivity contribution in [2.45, 2.75) is 52.4 Å². The summed E-state index contributed by atoms with van der Waals surface area (Å²) in [6, 6.07) is 0. The fourth-order valence-corrected chi connectivity index (χ4v) is 1.95. The lowest BCUT2D eigenvalue weighted by Crippen LogP contribution is -2.28. The SMILES string of the molecule is CCCN(CCCC(=O)CC)CC1CC1. The Bertz CT molecular complexity index is 187. The molecule has 1 fully saturated rings. The molecule has 0 aromatic heterocycles. The van der Waals surface area contributed by atoms with Crippen LogP contribution in [0.15, 0.2) is 0 Å². The zero-order chi connectivity index (χ0) is 11.1. The molecule has 0 saturated heterocycles. The first kappa shape index (κ1) is 12.7. The Morgan fingerprint density at radius 1 is 1.27 bits per heavy atom. The molecule has 0 aliphatic heterocycles. The average molecular weight is 211 g/mol. The summed E-state index contributed by atoms with van der Waals surface area (Å²) in [7, 11) is 0. The highest BCUT2D eigenvalue weighted by Crippen LogP contribution is 2.29. The smallest absolute Gasteiger partial charge is 0.132 e. The summed E-state index contributed by atoms with van der Waals surface area (Å²) in [6.45, 7) is 7.79. The van der Waals surface area contributed by atoms with E-state index in [1.807, 2.05) is 6.92 Å². The van der Waals surface area contributed by atoms with Crippen LogP contribution in [0.3, 0.4) is 0 Å². The number of Topliss-reactive ketones (excluding diaryl/α,β-unsaturated/α-hetero) is 1. The first-order valence-corrected chi connectivity index (χ1v) is 6.50. The molecule has 1 aliphatic rings. The van der Waals surface area contributed by atoms with E-state index in [1.54, 1.807) is 0 Å². The number of hydrogen-bond donors (Lipinski definition) is 0. The van der Waals surface area contributed by atoms with Gasteiger partial charge >= 0.3 is 0 Å². The van der Waals surface area contributed by atoms with Gasteiger partial charge in [-0.3, -0.25) is 4.79 Å². The molecule has 88 valence electrons. The number of nitrogens with zero attached hydrogens (tertiary/aromatic N) is 1. The van der Waals surface area contributed by atoms with E-state index in [4.69, 9.17) is 0 Å². The first-order chi connectivity index (χ1) is 7.26. The van der Waals surface area contributed by atoms with Gasteiger partial charge in [-0.25, -0.2) is 0 Å². The number of carbonyl (C=O) groups excluding carboxylic acids is 1. The van der Waals surface area contributed by atoms with Crippen LogP contribution in [-0.2, 0) is 4.79 Å². The van der Waals surface area contributed by atoms with Gasteiger partial charge in [0.05, 0.1) is 0 Å². The van der Waals surface area contributed by atoms with Gasteiger partial charge in [-0.1, -0.05) is 13.8 Å². The normalized spacial score (nSPS) is 15.9. The van der Waals surface area contributed by atoms with Gasteiger partial charge in [-0.15, -0.1) is 0 Å². The van der Waals surface area contributed by atoms with Crippen molar-refractivity contribution in [1.29, 1.82) is 0 Å². The molecule has 1 aliphatic carbocycles. The molecule has 0 amide bonds. The summed E-state index contributed by atoms with van der Waals surface area (Å²) in [5, 5.41) is 0. The predicted octanol–water partition coefficient (Wildman–Crippen LogP) is 2.87. The summed E-state index contributed by atoms with van der Waals surface area (Å²) < 4.78 is 0. The monoisotopic (exact) mass is 211 g/mol. The van der Waals surface area contributed by atoms with Crippen molar-refractivity contribution in [3.63, 3.8) is 0 Å². The summed E-state index contributed by atoms with van der Waals surface area (Å²) in [5.41, 5.74) is 0. The Balaban J connectivity index is 2.09. The second-order valence-electron chi connectivity index (χ2n) is 4.74. The molecule has 0 N–H and O–H groups in total. The minimum Gasteiger partial charge on any atom is -0.303 e. The molecule has 0 aromatic carbocycles. The van der Waals surface area contributed by atoms with E-state index in [1.165, 1.54) is 32.4 Å². The minimum atomic E-state index is 0.415. The Hall–Kier alpha value is -0.370. The highest BCUT2D eigenvalue weighted by atomic mass is 16.1. The third-order valence-electron chi connectivity index (χ3n) is 3.08. The first-order valence-electron chi connectivity index (χ1n) is 6.50. The zero-order valence-electron chi connectivity index (χ0n) is 10.3. The van der Waals surface area contributed by atoms with Gasteiger partial charge in [-0.05, 0) is 44.7 Å². The van der Waals surface area contributed by atoms with Crippen molar-refractivity contribution in [2.75, 3.05) is 19.6 Å². The van der Waals surface area contributed by atoms with Crippen LogP contribution in [0.5, 0.6) is 0 Å². The molecule has 0 bridgehead atoms. The molecule has 0 aromatic rings. The molecule has 15 heavy (non-hydrogen) atoms. The maximum absolute atomic E-state index is 11.2. The van der Waals surface area contributed by atoms with Crippen LogP contribution in [0.25, 0.3) is 0 Å². The highest BCUT2D eigenvalue weighted by Gasteiger charge is 2.23. The Morgan fingerprint density at radius 3 is 2.53 bits per heavy atom. The van der Waals surface area contributed by atoms with Crippen molar-refractivity contribution in [2.24, 2.45) is 5.92 Å². The van der Waals surface area contributed by atoms with Gasteiger partial charge in [-0.2, -0.15) is 0 Å². The van der Waals surface area contributed by atoms with Crippen LogP contribution in [0.2, 0.25) is 0 Å². The zero-order valence-corrected chi connectivity index (χ0v) is 10.3. The number of hydrogen-bond acceptors (Lipinski definition) is 2. The van der Waals surface area contributed by atoms with Gasteiger partial charge in [0.15, 0.2) is 0 Å². The van der Waals surface area contributed by atoms with E-state index >= 15 is 0 Å². The molecule has 0 atom stereocenters. The van der Waals surface area contributed by atoms with Gasteiger partial charge < -0.3 is 4.90 Å². The standard InChI is InChI=1S/C13H25NO/c1-3-9-14(11-12-7-8-12)10-5-6-13(15)4-2/h12H,3-11H2,1-2H3. The van der Waals surface area contributed by atoms with E-state index in [9.17, 15) is 4.79 Å². The lowest BCUT2D eigenvalue weighted by molar-refractivity contribution is -0.118. The maximum atomic E-state index is 11.2. The fraction of sp³-hybridized carbons (Fsp3) is 0.923. The van der Waals surface area contributed by atoms with Crippen molar-refractivity contribution in [1.82, 2.24) is 4.90 Å². The molecule has 1 saturated carbocycles. The Morgan fingerprint density at radius 2 is 2.00 bits per heavy atom. The van der Waals surface area contributed by atoms with Crippen LogP contribution in [0.1, 0.15) is 52.4 Å². The van der Waals surface area contributed by atoms with Crippen LogP contribution in [0, 0.1) is 5.92 Å². The van der Waals surface area contributed by atoms with Crippen molar-refractivity contribution in [3.8, 4) is 0 Å². The van der Waals surface area contributed by atoms with E-state index in [-0.39, 0.29) is 0 Å². The van der Waals surface area contributed by atoms with Gasteiger partial charge in [0, 0.05) is 19.4 Å². The topological polar surface area (TPSA) is 20.3 Å². The Labute approximate surface area is 94.0 Å². The summed E-state index contributed by atoms with van der Waals surface area (Å²) in [5.74, 6) is 1.39. The maximum Gasteiger partial charge on any atom is 0.132 e. The predicted molar refractivity (Wildman–Crippen MR) is 64.0 cm³/mol. The van der Waals surface area contributed by atoms with Crippen LogP contribution >= 0.6 is 0 Å². The largest absolute Gasteiger partial charge is 0.303 e. The molecule has 0 radical (unpaired) electrons. The van der Waals surface area contributed by atoms with Crippen molar-refractivity contribution < 1.29 is 4.79 Å². The lowest BCUT2D eigenvalue weighted by Gasteiger charge is -2.21. The molecule has 2 heteroatoms. The van der Waals surface area contributed by atoms with E-state index in [0.717, 1.165) is 25.3 Å².